The number of aliphatic hydroxyl groups excluding tert-OH is 1. The molecule has 0 fully saturated rings. The molecule has 48 heavy (non-hydrogen) atoms. The number of fused-ring (bicyclic) bond motifs is 5. The quantitative estimate of drug-likeness (QED) is 0.101. The Hall–Kier alpha value is -4.28. The molecule has 2 aromatic carbocycles. The summed E-state index contributed by atoms with van der Waals surface area (Å²) in [5, 5.41) is 41.4. The summed E-state index contributed by atoms with van der Waals surface area (Å²) in [5.74, 6) is -2.63. The Morgan fingerprint density at radius 3 is 2.10 bits per heavy atom. The molecule has 0 saturated heterocycles. The zero-order chi connectivity index (χ0) is 35.2. The van der Waals surface area contributed by atoms with Gasteiger partial charge < -0.3 is 59.5 Å². The van der Waals surface area contributed by atoms with Crippen LogP contribution in [0.4, 0.5) is 0 Å². The second-order valence-electron chi connectivity index (χ2n) is 12.1. The fourth-order valence-electron chi connectivity index (χ4n) is 5.41. The van der Waals surface area contributed by atoms with Gasteiger partial charge in [-0.2, -0.15) is 0 Å². The number of rotatable bonds is 14. The fourth-order valence-corrected chi connectivity index (χ4v) is 5.41. The topological polar surface area (TPSA) is 281 Å². The van der Waals surface area contributed by atoms with E-state index >= 15 is 0 Å². The third-order valence-electron chi connectivity index (χ3n) is 8.27. The van der Waals surface area contributed by atoms with Crippen LogP contribution in [0.2, 0.25) is 0 Å². The van der Waals surface area contributed by atoms with Gasteiger partial charge in [0.05, 0.1) is 12.6 Å². The van der Waals surface area contributed by atoms with E-state index in [-0.39, 0.29) is 63.4 Å². The molecule has 1 heterocycles. The van der Waals surface area contributed by atoms with Gasteiger partial charge >= 0.3 is 0 Å². The summed E-state index contributed by atoms with van der Waals surface area (Å²) in [4.78, 5) is 53.8. The molecule has 0 saturated carbocycles. The van der Waals surface area contributed by atoms with Gasteiger partial charge in [-0.1, -0.05) is 12.1 Å². The Balaban J connectivity index is 1.98. The highest BCUT2D eigenvalue weighted by atomic mass is 16.3. The van der Waals surface area contributed by atoms with Gasteiger partial charge in [0.15, 0.2) is 0 Å². The summed E-state index contributed by atoms with van der Waals surface area (Å²) in [5.41, 5.74) is 25.4. The van der Waals surface area contributed by atoms with Crippen molar-refractivity contribution in [1.29, 1.82) is 0 Å². The Labute approximate surface area is 280 Å². The van der Waals surface area contributed by atoms with Crippen molar-refractivity contribution in [2.75, 3.05) is 26.2 Å². The normalized spacial score (nSPS) is 19.6. The molecule has 3 rings (SSSR count). The Bertz CT molecular complexity index is 1410. The number of phenols is 2. The predicted molar refractivity (Wildman–Crippen MR) is 180 cm³/mol. The van der Waals surface area contributed by atoms with Crippen molar-refractivity contribution < 1.29 is 34.5 Å². The van der Waals surface area contributed by atoms with E-state index in [1.54, 1.807) is 24.3 Å². The minimum atomic E-state index is -1.28. The second-order valence-corrected chi connectivity index (χ2v) is 12.1. The lowest BCUT2D eigenvalue weighted by Crippen LogP contribution is -2.58. The molecule has 15 heteroatoms. The van der Waals surface area contributed by atoms with Crippen molar-refractivity contribution >= 4 is 23.6 Å². The van der Waals surface area contributed by atoms with Gasteiger partial charge in [-0.15, -0.1) is 0 Å². The third kappa shape index (κ3) is 11.2. The molecule has 264 valence electrons. The zero-order valence-electron chi connectivity index (χ0n) is 27.1. The maximum absolute atomic E-state index is 13.9. The standard InChI is InChI=1S/C33H50N8O7/c34-11-1-5-25(31(46)38-13-3-4-23(36)18-42)40-33(48)27-17-22-15-20(8-10-29(22)44)19-7-9-28(43)21(14-19)16-24(37)30(45)39-26(6-2-12-35)32(47)41-27/h7-10,14-15,23-27,42-44H,1-6,11-13,16-18,34-37H2,(H,38,46)(H,39,45)(H,40,48)(H,41,47)/t23-,24-,25-,26-,27-/m0/s1. The van der Waals surface area contributed by atoms with Gasteiger partial charge in [-0.3, -0.25) is 19.2 Å². The molecule has 15 N–H and O–H groups in total. The number of benzene rings is 2. The average Bonchev–Trinajstić information content (AvgIpc) is 3.07. The summed E-state index contributed by atoms with van der Waals surface area (Å²) in [6.45, 7) is 0.608. The average molecular weight is 671 g/mol. The molecule has 5 atom stereocenters. The minimum absolute atomic E-state index is 0.0206. The van der Waals surface area contributed by atoms with Crippen LogP contribution in [0.15, 0.2) is 36.4 Å². The first kappa shape index (κ1) is 38.2. The number of carbonyl (C=O) groups excluding carboxylic acids is 4. The second kappa shape index (κ2) is 18.9. The van der Waals surface area contributed by atoms with E-state index in [4.69, 9.17) is 28.0 Å². The number of hydrogen-bond acceptors (Lipinski definition) is 11. The molecule has 15 nitrogen and oxygen atoms in total. The predicted octanol–water partition coefficient (Wildman–Crippen LogP) is -1.66. The molecule has 1 aliphatic heterocycles. The molecule has 0 aromatic heterocycles. The van der Waals surface area contributed by atoms with E-state index in [0.29, 0.717) is 47.9 Å². The van der Waals surface area contributed by atoms with Crippen LogP contribution in [-0.2, 0) is 32.0 Å². The van der Waals surface area contributed by atoms with E-state index in [9.17, 15) is 29.4 Å². The maximum atomic E-state index is 13.9. The van der Waals surface area contributed by atoms with Crippen LogP contribution < -0.4 is 44.2 Å². The van der Waals surface area contributed by atoms with Gasteiger partial charge in [0.2, 0.25) is 23.6 Å². The van der Waals surface area contributed by atoms with E-state index in [1.165, 1.54) is 12.1 Å². The monoisotopic (exact) mass is 670 g/mol. The maximum Gasteiger partial charge on any atom is 0.243 e. The van der Waals surface area contributed by atoms with Crippen LogP contribution in [-0.4, -0.2) is 95.4 Å². The van der Waals surface area contributed by atoms with Gasteiger partial charge in [-0.25, -0.2) is 0 Å². The largest absolute Gasteiger partial charge is 0.508 e. The lowest BCUT2D eigenvalue weighted by Gasteiger charge is -2.26. The third-order valence-corrected chi connectivity index (χ3v) is 8.27. The number of hydrogen-bond donors (Lipinski definition) is 11. The Kier molecular flexibility index (Phi) is 15.0. The number of aromatic hydroxyl groups is 2. The lowest BCUT2D eigenvalue weighted by molar-refractivity contribution is -0.134. The number of phenolic OH excluding ortho intramolecular Hbond substituents is 2. The highest BCUT2D eigenvalue weighted by molar-refractivity contribution is 5.95. The van der Waals surface area contributed by atoms with E-state index in [2.05, 4.69) is 21.3 Å². The van der Waals surface area contributed by atoms with Crippen molar-refractivity contribution in [2.45, 2.75) is 81.6 Å². The molecule has 2 aromatic rings. The van der Waals surface area contributed by atoms with Crippen molar-refractivity contribution in [3.05, 3.63) is 47.5 Å². The number of nitrogens with two attached hydrogens (primary N) is 4. The van der Waals surface area contributed by atoms with Gasteiger partial charge in [0.25, 0.3) is 0 Å². The van der Waals surface area contributed by atoms with Crippen LogP contribution in [0.3, 0.4) is 0 Å². The van der Waals surface area contributed by atoms with E-state index in [0.717, 1.165) is 0 Å². The van der Waals surface area contributed by atoms with Crippen LogP contribution >= 0.6 is 0 Å². The minimum Gasteiger partial charge on any atom is -0.508 e. The number of amides is 4. The van der Waals surface area contributed by atoms with Gasteiger partial charge in [0, 0.05) is 25.4 Å². The molecular formula is C33H50N8O7. The van der Waals surface area contributed by atoms with Crippen molar-refractivity contribution in [1.82, 2.24) is 21.3 Å². The van der Waals surface area contributed by atoms with Crippen LogP contribution in [0.1, 0.15) is 49.7 Å². The summed E-state index contributed by atoms with van der Waals surface area (Å²) in [6, 6.07) is 4.77. The highest BCUT2D eigenvalue weighted by Gasteiger charge is 2.31. The number of carbonyl (C=O) groups is 4. The fraction of sp³-hybridized carbons (Fsp3) is 0.515. The first-order valence-electron chi connectivity index (χ1n) is 16.3. The number of aliphatic hydroxyl groups is 1. The number of nitrogens with one attached hydrogen (secondary N) is 4. The van der Waals surface area contributed by atoms with Crippen LogP contribution in [0.5, 0.6) is 11.5 Å². The van der Waals surface area contributed by atoms with Crippen molar-refractivity contribution in [2.24, 2.45) is 22.9 Å². The summed E-state index contributed by atoms with van der Waals surface area (Å²) >= 11 is 0. The lowest BCUT2D eigenvalue weighted by atomic mass is 9.95. The molecular weight excluding hydrogens is 620 g/mol. The smallest absolute Gasteiger partial charge is 0.243 e. The summed E-state index contributed by atoms with van der Waals surface area (Å²) in [7, 11) is 0. The van der Waals surface area contributed by atoms with Gasteiger partial charge in [-0.05, 0) is 98.1 Å². The Morgan fingerprint density at radius 1 is 0.875 bits per heavy atom. The first-order chi connectivity index (χ1) is 23.0. The molecule has 0 unspecified atom stereocenters. The van der Waals surface area contributed by atoms with E-state index < -0.39 is 53.8 Å². The van der Waals surface area contributed by atoms with Crippen LogP contribution in [0.25, 0.3) is 11.1 Å². The van der Waals surface area contributed by atoms with Crippen molar-refractivity contribution in [3.63, 3.8) is 0 Å². The van der Waals surface area contributed by atoms with Crippen LogP contribution in [0, 0.1) is 0 Å². The molecule has 0 radical (unpaired) electrons. The molecule has 0 spiro atoms. The van der Waals surface area contributed by atoms with Crippen molar-refractivity contribution in [3.8, 4) is 22.6 Å². The zero-order valence-corrected chi connectivity index (χ0v) is 27.1. The van der Waals surface area contributed by atoms with E-state index in [1.807, 2.05) is 0 Å². The van der Waals surface area contributed by atoms with Gasteiger partial charge in [0.1, 0.15) is 29.6 Å². The SMILES string of the molecule is NCCC[C@H](NC(=O)[C@@H]1Cc2cc(ccc2O)-c2ccc(O)c(c2)C[C@H](N)C(=O)N[C@@H](CCCN)C(=O)N1)C(=O)NCCC[C@H](N)CO. The molecule has 1 aliphatic rings. The first-order valence-corrected chi connectivity index (χ1v) is 16.3. The molecule has 4 amide bonds. The molecule has 4 bridgehead atoms. The Morgan fingerprint density at radius 2 is 1.50 bits per heavy atom. The molecule has 0 aliphatic carbocycles. The highest BCUT2D eigenvalue weighted by Crippen LogP contribution is 2.31. The summed E-state index contributed by atoms with van der Waals surface area (Å²) in [6.07, 6.45) is 2.00. The summed E-state index contributed by atoms with van der Waals surface area (Å²) < 4.78 is 0.